The number of ether oxygens (including phenoxy) is 2. The molecule has 3 rings (SSSR count). The summed E-state index contributed by atoms with van der Waals surface area (Å²) in [7, 11) is 0. The van der Waals surface area contributed by atoms with Crippen molar-refractivity contribution in [3.05, 3.63) is 71.3 Å². The first kappa shape index (κ1) is 32.8. The molecule has 0 aromatic heterocycles. The molecule has 0 unspecified atom stereocenters. The Hall–Kier alpha value is -2.69. The number of hydrogen-bond acceptors (Lipinski definition) is 3. The van der Waals surface area contributed by atoms with Gasteiger partial charge in [-0.15, -0.1) is 0 Å². The van der Waals surface area contributed by atoms with Gasteiger partial charge in [-0.1, -0.05) is 95.9 Å². The van der Waals surface area contributed by atoms with Crippen molar-refractivity contribution < 1.29 is 23.0 Å². The molecule has 5 heteroatoms. The molecular weight excluding hydrogens is 518 g/mol. The van der Waals surface area contributed by atoms with Gasteiger partial charge in [-0.05, 0) is 86.6 Å². The Balaban J connectivity index is 1.38. The SMILES string of the molecule is CCCCCCCCOc1ccc(C(=O)Oc2ccc(CCC=C[C@H]3CC[C@H](CCCCC)CC3)cc2)c(F)c1F. The molecule has 0 saturated heterocycles. The lowest BCUT2D eigenvalue weighted by atomic mass is 9.79. The van der Waals surface area contributed by atoms with E-state index >= 15 is 0 Å². The molecule has 0 radical (unpaired) electrons. The maximum atomic E-state index is 14.6. The number of carbonyl (C=O) groups is 1. The van der Waals surface area contributed by atoms with Crippen LogP contribution in [0.5, 0.6) is 11.5 Å². The highest BCUT2D eigenvalue weighted by Crippen LogP contribution is 2.33. The standard InChI is InChI=1S/C36H50F2O3/c1-3-5-7-8-9-13-27-40-33-26-25-32(34(37)35(33)38)36(39)41-31-23-21-30(22-24-31)16-12-11-15-29-19-17-28(18-20-29)14-10-6-4-2/h11,15,21-26,28-29H,3-10,12-14,16-20,27H2,1-2H3/t28-,29-. The molecule has 0 atom stereocenters. The van der Waals surface area contributed by atoms with Crippen LogP contribution in [-0.2, 0) is 6.42 Å². The maximum Gasteiger partial charge on any atom is 0.346 e. The Kier molecular flexibility index (Phi) is 15.0. The summed E-state index contributed by atoms with van der Waals surface area (Å²) in [4.78, 5) is 12.5. The highest BCUT2D eigenvalue weighted by atomic mass is 19.2. The molecule has 226 valence electrons. The number of hydrogen-bond donors (Lipinski definition) is 0. The molecule has 0 bridgehead atoms. The second-order valence-electron chi connectivity index (χ2n) is 11.6. The summed E-state index contributed by atoms with van der Waals surface area (Å²) in [6.07, 6.45) is 23.8. The van der Waals surface area contributed by atoms with Gasteiger partial charge in [-0.3, -0.25) is 0 Å². The van der Waals surface area contributed by atoms with Crippen molar-refractivity contribution in [3.63, 3.8) is 0 Å². The van der Waals surface area contributed by atoms with Crippen LogP contribution in [0.4, 0.5) is 8.78 Å². The molecule has 1 aliphatic carbocycles. The monoisotopic (exact) mass is 568 g/mol. The fourth-order valence-corrected chi connectivity index (χ4v) is 5.64. The molecule has 3 nitrogen and oxygen atoms in total. The average molecular weight is 569 g/mol. The van der Waals surface area contributed by atoms with Gasteiger partial charge < -0.3 is 9.47 Å². The van der Waals surface area contributed by atoms with Crippen molar-refractivity contribution >= 4 is 5.97 Å². The summed E-state index contributed by atoms with van der Waals surface area (Å²) in [6, 6.07) is 9.73. The number of esters is 1. The molecule has 0 aliphatic heterocycles. The maximum absolute atomic E-state index is 14.6. The molecular formula is C36H50F2O3. The van der Waals surface area contributed by atoms with Gasteiger partial charge in [-0.25, -0.2) is 9.18 Å². The van der Waals surface area contributed by atoms with Crippen LogP contribution in [0, 0.1) is 23.5 Å². The molecule has 0 amide bonds. The predicted molar refractivity (Wildman–Crippen MR) is 164 cm³/mol. The van der Waals surface area contributed by atoms with E-state index in [4.69, 9.17) is 9.47 Å². The lowest BCUT2D eigenvalue weighted by Crippen LogP contribution is -2.13. The second kappa shape index (κ2) is 18.7. The van der Waals surface area contributed by atoms with Crippen molar-refractivity contribution in [3.8, 4) is 11.5 Å². The molecule has 2 aromatic rings. The third kappa shape index (κ3) is 11.6. The smallest absolute Gasteiger partial charge is 0.346 e. The first-order valence-electron chi connectivity index (χ1n) is 16.1. The van der Waals surface area contributed by atoms with E-state index in [2.05, 4.69) is 26.0 Å². The highest BCUT2D eigenvalue weighted by molar-refractivity contribution is 5.91. The number of aryl methyl sites for hydroxylation is 1. The van der Waals surface area contributed by atoms with Gasteiger partial charge in [0, 0.05) is 0 Å². The van der Waals surface area contributed by atoms with Gasteiger partial charge in [0.15, 0.2) is 11.6 Å². The van der Waals surface area contributed by atoms with Gasteiger partial charge >= 0.3 is 5.97 Å². The number of carbonyl (C=O) groups excluding carboxylic acids is 1. The van der Waals surface area contributed by atoms with Crippen molar-refractivity contribution in [2.24, 2.45) is 11.8 Å². The van der Waals surface area contributed by atoms with E-state index in [-0.39, 0.29) is 5.75 Å². The van der Waals surface area contributed by atoms with Crippen molar-refractivity contribution in [2.45, 2.75) is 117 Å². The lowest BCUT2D eigenvalue weighted by Gasteiger charge is -2.26. The van der Waals surface area contributed by atoms with Crippen LogP contribution in [0.2, 0.25) is 0 Å². The first-order chi connectivity index (χ1) is 20.0. The minimum Gasteiger partial charge on any atom is -0.490 e. The molecule has 0 heterocycles. The van der Waals surface area contributed by atoms with Crippen LogP contribution in [0.3, 0.4) is 0 Å². The highest BCUT2D eigenvalue weighted by Gasteiger charge is 2.21. The topological polar surface area (TPSA) is 35.5 Å². The fraction of sp³-hybridized carbons (Fsp3) is 0.583. The Labute approximate surface area is 246 Å². The molecule has 2 aromatic carbocycles. The number of unbranched alkanes of at least 4 members (excludes halogenated alkanes) is 7. The van der Waals surface area contributed by atoms with Gasteiger partial charge in [0.05, 0.1) is 12.2 Å². The van der Waals surface area contributed by atoms with E-state index in [1.807, 2.05) is 12.1 Å². The third-order valence-corrected chi connectivity index (χ3v) is 8.27. The second-order valence-corrected chi connectivity index (χ2v) is 11.6. The molecule has 0 spiro atoms. The Morgan fingerprint density at radius 1 is 0.829 bits per heavy atom. The van der Waals surface area contributed by atoms with Crippen LogP contribution in [0.1, 0.15) is 126 Å². The Bertz CT molecular complexity index is 1060. The zero-order chi connectivity index (χ0) is 29.3. The Morgan fingerprint density at radius 3 is 2.24 bits per heavy atom. The predicted octanol–water partition coefficient (Wildman–Crippen LogP) is 10.8. The summed E-state index contributed by atoms with van der Waals surface area (Å²) in [6.45, 7) is 4.75. The van der Waals surface area contributed by atoms with Gasteiger partial charge in [-0.2, -0.15) is 4.39 Å². The van der Waals surface area contributed by atoms with Crippen LogP contribution in [0.25, 0.3) is 0 Å². The van der Waals surface area contributed by atoms with Crippen LogP contribution in [0.15, 0.2) is 48.6 Å². The molecule has 0 N–H and O–H groups in total. The quantitative estimate of drug-likeness (QED) is 0.0776. The fourth-order valence-electron chi connectivity index (χ4n) is 5.64. The number of allylic oxidation sites excluding steroid dienone is 2. The van der Waals surface area contributed by atoms with E-state index in [0.29, 0.717) is 18.3 Å². The molecule has 41 heavy (non-hydrogen) atoms. The summed E-state index contributed by atoms with van der Waals surface area (Å²) >= 11 is 0. The minimum atomic E-state index is -1.25. The zero-order valence-corrected chi connectivity index (χ0v) is 25.3. The zero-order valence-electron chi connectivity index (χ0n) is 25.3. The Morgan fingerprint density at radius 2 is 1.51 bits per heavy atom. The largest absolute Gasteiger partial charge is 0.490 e. The van der Waals surface area contributed by atoms with E-state index in [1.165, 1.54) is 82.8 Å². The first-order valence-corrected chi connectivity index (χ1v) is 16.1. The molecule has 1 aliphatic rings. The number of rotatable bonds is 18. The van der Waals surface area contributed by atoms with Gasteiger partial charge in [0.1, 0.15) is 5.75 Å². The average Bonchev–Trinajstić information content (AvgIpc) is 2.98. The van der Waals surface area contributed by atoms with Crippen LogP contribution in [-0.4, -0.2) is 12.6 Å². The van der Waals surface area contributed by atoms with Crippen molar-refractivity contribution in [1.29, 1.82) is 0 Å². The third-order valence-electron chi connectivity index (χ3n) is 8.27. The number of halogens is 2. The summed E-state index contributed by atoms with van der Waals surface area (Å²) in [5.41, 5.74) is 0.691. The van der Waals surface area contributed by atoms with Crippen molar-refractivity contribution in [1.82, 2.24) is 0 Å². The normalized spacial score (nSPS) is 17.2. The van der Waals surface area contributed by atoms with Crippen LogP contribution >= 0.6 is 0 Å². The van der Waals surface area contributed by atoms with E-state index in [9.17, 15) is 13.6 Å². The summed E-state index contributed by atoms with van der Waals surface area (Å²) < 4.78 is 39.9. The van der Waals surface area contributed by atoms with E-state index in [0.717, 1.165) is 43.6 Å². The summed E-state index contributed by atoms with van der Waals surface area (Å²) in [5.74, 6) is -1.57. The van der Waals surface area contributed by atoms with Gasteiger partial charge in [0.25, 0.3) is 0 Å². The summed E-state index contributed by atoms with van der Waals surface area (Å²) in [5, 5.41) is 0. The molecule has 1 saturated carbocycles. The van der Waals surface area contributed by atoms with Crippen molar-refractivity contribution in [2.75, 3.05) is 6.61 Å². The molecule has 1 fully saturated rings. The minimum absolute atomic E-state index is 0.180. The van der Waals surface area contributed by atoms with E-state index < -0.39 is 23.2 Å². The lowest BCUT2D eigenvalue weighted by molar-refractivity contribution is 0.0728. The van der Waals surface area contributed by atoms with E-state index in [1.54, 1.807) is 12.1 Å². The van der Waals surface area contributed by atoms with Crippen LogP contribution < -0.4 is 9.47 Å². The van der Waals surface area contributed by atoms with Gasteiger partial charge in [0.2, 0.25) is 5.82 Å². The number of benzene rings is 2.